The molecule has 0 atom stereocenters. The number of aromatic nitrogens is 3. The van der Waals surface area contributed by atoms with E-state index in [0.29, 0.717) is 0 Å². The van der Waals surface area contributed by atoms with Crippen LogP contribution in [0.5, 0.6) is 0 Å². The first kappa shape index (κ1) is 18.1. The van der Waals surface area contributed by atoms with Gasteiger partial charge in [0, 0.05) is 23.2 Å². The SMILES string of the molecule is Fc1ccc(-c2nc(CSc3nnc(NCc4ccccc4)s3)cs2)cc1. The van der Waals surface area contributed by atoms with Crippen LogP contribution in [0.4, 0.5) is 9.52 Å². The Kier molecular flexibility index (Phi) is 5.76. The van der Waals surface area contributed by atoms with E-state index in [1.807, 2.05) is 23.6 Å². The molecule has 8 heteroatoms. The third kappa shape index (κ3) is 4.91. The summed E-state index contributed by atoms with van der Waals surface area (Å²) >= 11 is 4.72. The highest BCUT2D eigenvalue weighted by atomic mass is 32.2. The zero-order chi connectivity index (χ0) is 18.5. The van der Waals surface area contributed by atoms with Crippen LogP contribution in [0.1, 0.15) is 11.3 Å². The molecule has 2 heterocycles. The predicted octanol–water partition coefficient (Wildman–Crippen LogP) is 5.71. The Morgan fingerprint density at radius 1 is 1.00 bits per heavy atom. The quantitative estimate of drug-likeness (QED) is 0.393. The Balaban J connectivity index is 1.32. The highest BCUT2D eigenvalue weighted by Crippen LogP contribution is 2.30. The average molecular weight is 415 g/mol. The molecule has 4 aromatic rings. The van der Waals surface area contributed by atoms with Gasteiger partial charge in [-0.1, -0.05) is 53.4 Å². The topological polar surface area (TPSA) is 50.7 Å². The molecule has 136 valence electrons. The first-order chi connectivity index (χ1) is 13.3. The molecule has 27 heavy (non-hydrogen) atoms. The number of rotatable bonds is 7. The van der Waals surface area contributed by atoms with E-state index in [-0.39, 0.29) is 5.82 Å². The summed E-state index contributed by atoms with van der Waals surface area (Å²) in [5.74, 6) is 0.490. The summed E-state index contributed by atoms with van der Waals surface area (Å²) in [6.07, 6.45) is 0. The normalized spacial score (nSPS) is 10.9. The second kappa shape index (κ2) is 8.60. The van der Waals surface area contributed by atoms with Crippen LogP contribution in [0.25, 0.3) is 10.6 Å². The smallest absolute Gasteiger partial charge is 0.206 e. The second-order valence-corrected chi connectivity index (χ2v) is 8.71. The zero-order valence-electron chi connectivity index (χ0n) is 14.1. The highest BCUT2D eigenvalue weighted by Gasteiger charge is 2.09. The molecule has 0 saturated carbocycles. The lowest BCUT2D eigenvalue weighted by Crippen LogP contribution is -1.98. The lowest BCUT2D eigenvalue weighted by atomic mass is 10.2. The maximum atomic E-state index is 13.0. The molecule has 0 spiro atoms. The first-order valence-electron chi connectivity index (χ1n) is 8.21. The summed E-state index contributed by atoms with van der Waals surface area (Å²) in [6, 6.07) is 16.6. The number of hydrogen-bond acceptors (Lipinski definition) is 7. The van der Waals surface area contributed by atoms with Crippen LogP contribution in [0.2, 0.25) is 0 Å². The fourth-order valence-electron chi connectivity index (χ4n) is 2.35. The average Bonchev–Trinajstić information content (AvgIpc) is 3.36. The lowest BCUT2D eigenvalue weighted by molar-refractivity contribution is 0.628. The molecule has 0 fully saturated rings. The Hall–Kier alpha value is -2.29. The van der Waals surface area contributed by atoms with E-state index in [1.54, 1.807) is 35.2 Å². The number of hydrogen-bond donors (Lipinski definition) is 1. The molecule has 0 saturated heterocycles. The van der Waals surface area contributed by atoms with E-state index in [9.17, 15) is 4.39 Å². The molecule has 0 unspecified atom stereocenters. The van der Waals surface area contributed by atoms with Crippen molar-refractivity contribution in [2.75, 3.05) is 5.32 Å². The number of benzene rings is 2. The monoisotopic (exact) mass is 414 g/mol. The molecule has 0 amide bonds. The highest BCUT2D eigenvalue weighted by molar-refractivity contribution is 8.00. The molecule has 1 N–H and O–H groups in total. The van der Waals surface area contributed by atoms with E-state index < -0.39 is 0 Å². The van der Waals surface area contributed by atoms with Gasteiger partial charge in [-0.05, 0) is 29.8 Å². The van der Waals surface area contributed by atoms with Crippen LogP contribution >= 0.6 is 34.4 Å². The van der Waals surface area contributed by atoms with Crippen molar-refractivity contribution in [3.05, 3.63) is 77.1 Å². The van der Waals surface area contributed by atoms with Crippen molar-refractivity contribution in [2.24, 2.45) is 0 Å². The first-order valence-corrected chi connectivity index (χ1v) is 10.9. The number of nitrogens with zero attached hydrogens (tertiary/aromatic N) is 3. The second-order valence-electron chi connectivity index (χ2n) is 5.65. The molecule has 0 aliphatic heterocycles. The minimum absolute atomic E-state index is 0.237. The van der Waals surface area contributed by atoms with Crippen molar-refractivity contribution in [2.45, 2.75) is 16.6 Å². The summed E-state index contributed by atoms with van der Waals surface area (Å²) in [5, 5.41) is 15.4. The van der Waals surface area contributed by atoms with Gasteiger partial charge in [-0.25, -0.2) is 9.37 Å². The Morgan fingerprint density at radius 3 is 2.63 bits per heavy atom. The van der Waals surface area contributed by atoms with E-state index >= 15 is 0 Å². The van der Waals surface area contributed by atoms with Crippen molar-refractivity contribution in [3.8, 4) is 10.6 Å². The Labute approximate surface area is 168 Å². The summed E-state index contributed by atoms with van der Waals surface area (Å²) < 4.78 is 13.9. The van der Waals surface area contributed by atoms with Gasteiger partial charge in [0.25, 0.3) is 0 Å². The number of thioether (sulfide) groups is 1. The van der Waals surface area contributed by atoms with Crippen LogP contribution < -0.4 is 5.32 Å². The summed E-state index contributed by atoms with van der Waals surface area (Å²) in [5.41, 5.74) is 3.12. The fourth-order valence-corrected chi connectivity index (χ4v) is 4.92. The van der Waals surface area contributed by atoms with Gasteiger partial charge >= 0.3 is 0 Å². The third-order valence-electron chi connectivity index (χ3n) is 3.68. The largest absolute Gasteiger partial charge is 0.356 e. The van der Waals surface area contributed by atoms with Crippen molar-refractivity contribution < 1.29 is 4.39 Å². The Bertz CT molecular complexity index is 999. The number of thiazole rings is 1. The molecule has 0 aliphatic rings. The van der Waals surface area contributed by atoms with Gasteiger partial charge in [0.15, 0.2) is 4.34 Å². The maximum absolute atomic E-state index is 13.0. The van der Waals surface area contributed by atoms with E-state index in [0.717, 1.165) is 38.0 Å². The molecular formula is C19H15FN4S3. The van der Waals surface area contributed by atoms with E-state index in [1.165, 1.54) is 29.0 Å². The number of anilines is 1. The third-order valence-corrected chi connectivity index (χ3v) is 6.67. The summed E-state index contributed by atoms with van der Waals surface area (Å²) in [6.45, 7) is 0.729. The summed E-state index contributed by atoms with van der Waals surface area (Å²) in [7, 11) is 0. The molecule has 4 nitrogen and oxygen atoms in total. The molecule has 0 bridgehead atoms. The Morgan fingerprint density at radius 2 is 1.81 bits per heavy atom. The minimum Gasteiger partial charge on any atom is -0.356 e. The maximum Gasteiger partial charge on any atom is 0.206 e. The molecule has 0 aliphatic carbocycles. The molecule has 2 aromatic heterocycles. The van der Waals surface area contributed by atoms with Crippen LogP contribution in [0.3, 0.4) is 0 Å². The van der Waals surface area contributed by atoms with Crippen molar-refractivity contribution >= 4 is 39.6 Å². The van der Waals surface area contributed by atoms with E-state index in [4.69, 9.17) is 0 Å². The zero-order valence-corrected chi connectivity index (χ0v) is 16.6. The fraction of sp³-hybridized carbons (Fsp3) is 0.105. The van der Waals surface area contributed by atoms with Crippen LogP contribution in [0.15, 0.2) is 64.3 Å². The van der Waals surface area contributed by atoms with Crippen molar-refractivity contribution in [3.63, 3.8) is 0 Å². The molecule has 2 aromatic carbocycles. The van der Waals surface area contributed by atoms with Crippen LogP contribution in [0, 0.1) is 5.82 Å². The summed E-state index contributed by atoms with van der Waals surface area (Å²) in [4.78, 5) is 4.62. The van der Waals surface area contributed by atoms with Crippen LogP contribution in [-0.2, 0) is 12.3 Å². The van der Waals surface area contributed by atoms with Gasteiger partial charge in [-0.15, -0.1) is 21.5 Å². The van der Waals surface area contributed by atoms with Gasteiger partial charge < -0.3 is 5.32 Å². The predicted molar refractivity (Wildman–Crippen MR) is 111 cm³/mol. The number of nitrogens with one attached hydrogen (secondary N) is 1. The lowest BCUT2D eigenvalue weighted by Gasteiger charge is -2.00. The van der Waals surface area contributed by atoms with Gasteiger partial charge in [0.1, 0.15) is 10.8 Å². The minimum atomic E-state index is -0.237. The molecular weight excluding hydrogens is 399 g/mol. The van der Waals surface area contributed by atoms with Crippen molar-refractivity contribution in [1.82, 2.24) is 15.2 Å². The molecule has 0 radical (unpaired) electrons. The van der Waals surface area contributed by atoms with Gasteiger partial charge in [0.2, 0.25) is 5.13 Å². The van der Waals surface area contributed by atoms with Gasteiger partial charge in [0.05, 0.1) is 5.69 Å². The van der Waals surface area contributed by atoms with Crippen molar-refractivity contribution in [1.29, 1.82) is 0 Å². The van der Waals surface area contributed by atoms with Gasteiger partial charge in [-0.3, -0.25) is 0 Å². The van der Waals surface area contributed by atoms with Crippen LogP contribution in [-0.4, -0.2) is 15.2 Å². The molecule has 4 rings (SSSR count). The number of halogens is 1. The van der Waals surface area contributed by atoms with Gasteiger partial charge in [-0.2, -0.15) is 0 Å². The van der Waals surface area contributed by atoms with E-state index in [2.05, 4.69) is 32.6 Å². The standard InChI is InChI=1S/C19H15FN4S3/c20-15-8-6-14(7-9-15)17-22-16(11-25-17)12-26-19-24-23-18(27-19)21-10-13-4-2-1-3-5-13/h1-9,11H,10,12H2,(H,21,23).